The summed E-state index contributed by atoms with van der Waals surface area (Å²) < 4.78 is 5.48. The fraction of sp³-hybridized carbons (Fsp3) is 0.950. The van der Waals surface area contributed by atoms with Crippen molar-refractivity contribution in [1.29, 1.82) is 0 Å². The van der Waals surface area contributed by atoms with Crippen LogP contribution in [0.5, 0.6) is 0 Å². The summed E-state index contributed by atoms with van der Waals surface area (Å²) in [6.45, 7) is 6.05. The van der Waals surface area contributed by atoms with Gasteiger partial charge in [-0.15, -0.1) is 0 Å². The van der Waals surface area contributed by atoms with Crippen molar-refractivity contribution in [2.24, 2.45) is 0 Å². The van der Waals surface area contributed by atoms with Crippen molar-refractivity contribution in [2.45, 2.75) is 123 Å². The highest BCUT2D eigenvalue weighted by Crippen LogP contribution is 2.17. The van der Waals surface area contributed by atoms with Crippen LogP contribution < -0.4 is 0 Å². The van der Waals surface area contributed by atoms with E-state index in [-0.39, 0.29) is 12.1 Å². The van der Waals surface area contributed by atoms with Gasteiger partial charge in [0.05, 0.1) is 0 Å². The molecular formula is C20H40O2. The van der Waals surface area contributed by atoms with Crippen LogP contribution in [0.25, 0.3) is 0 Å². The van der Waals surface area contributed by atoms with Gasteiger partial charge >= 0.3 is 5.97 Å². The van der Waals surface area contributed by atoms with Crippen molar-refractivity contribution < 1.29 is 9.53 Å². The van der Waals surface area contributed by atoms with E-state index in [1.54, 1.807) is 6.92 Å². The van der Waals surface area contributed by atoms with E-state index >= 15 is 0 Å². The van der Waals surface area contributed by atoms with Crippen molar-refractivity contribution in [2.75, 3.05) is 0 Å². The molecule has 0 bridgehead atoms. The lowest BCUT2D eigenvalue weighted by atomic mass is 10.0. The molecule has 2 heteroatoms. The van der Waals surface area contributed by atoms with Crippen LogP contribution in [0.1, 0.15) is 117 Å². The summed E-state index contributed by atoms with van der Waals surface area (Å²) in [7, 11) is 0. The lowest BCUT2D eigenvalue weighted by Crippen LogP contribution is -2.16. The third kappa shape index (κ3) is 15.9. The van der Waals surface area contributed by atoms with E-state index in [2.05, 4.69) is 13.8 Å². The molecular weight excluding hydrogens is 272 g/mol. The SMILES string of the molecule is CCCCCCCCCC(CCCCCCCC)OC(C)=O. The molecule has 0 heterocycles. The van der Waals surface area contributed by atoms with Crippen molar-refractivity contribution in [1.82, 2.24) is 0 Å². The molecule has 0 spiro atoms. The second-order valence-corrected chi connectivity index (χ2v) is 6.70. The molecule has 2 nitrogen and oxygen atoms in total. The van der Waals surface area contributed by atoms with Crippen molar-refractivity contribution in [3.63, 3.8) is 0 Å². The van der Waals surface area contributed by atoms with Crippen LogP contribution in [0.4, 0.5) is 0 Å². The largest absolute Gasteiger partial charge is 0.463 e. The average molecular weight is 313 g/mol. The quantitative estimate of drug-likeness (QED) is 0.231. The number of esters is 1. The second kappa shape index (κ2) is 16.8. The third-order valence-electron chi connectivity index (χ3n) is 4.34. The highest BCUT2D eigenvalue weighted by atomic mass is 16.5. The standard InChI is InChI=1S/C20H40O2/c1-4-6-8-10-12-14-16-18-20(22-19(3)21)17-15-13-11-9-7-5-2/h20H,4-18H2,1-3H3. The summed E-state index contributed by atoms with van der Waals surface area (Å²) in [5.41, 5.74) is 0. The molecule has 22 heavy (non-hydrogen) atoms. The van der Waals surface area contributed by atoms with E-state index in [0.717, 1.165) is 12.8 Å². The van der Waals surface area contributed by atoms with Gasteiger partial charge in [0.1, 0.15) is 6.10 Å². The van der Waals surface area contributed by atoms with Crippen molar-refractivity contribution in [3.8, 4) is 0 Å². The summed E-state index contributed by atoms with van der Waals surface area (Å²) in [4.78, 5) is 11.2. The molecule has 0 N–H and O–H groups in total. The number of hydrogen-bond acceptors (Lipinski definition) is 2. The normalized spacial score (nSPS) is 12.3. The fourth-order valence-electron chi connectivity index (χ4n) is 2.98. The Bertz CT molecular complexity index is 238. The van der Waals surface area contributed by atoms with Gasteiger partial charge in [-0.25, -0.2) is 0 Å². The monoisotopic (exact) mass is 312 g/mol. The van der Waals surface area contributed by atoms with Gasteiger partial charge in [0.15, 0.2) is 0 Å². The summed E-state index contributed by atoms with van der Waals surface area (Å²) in [6, 6.07) is 0. The molecule has 0 aromatic carbocycles. The summed E-state index contributed by atoms with van der Waals surface area (Å²) in [5, 5.41) is 0. The zero-order valence-corrected chi connectivity index (χ0v) is 15.5. The number of rotatable bonds is 16. The van der Waals surface area contributed by atoms with Gasteiger partial charge in [-0.05, 0) is 25.7 Å². The molecule has 1 atom stereocenters. The van der Waals surface area contributed by atoms with E-state index in [1.807, 2.05) is 0 Å². The number of unbranched alkanes of at least 4 members (excludes halogenated alkanes) is 11. The fourth-order valence-corrected chi connectivity index (χ4v) is 2.98. The number of carbonyl (C=O) groups excluding carboxylic acids is 1. The first kappa shape index (κ1) is 21.5. The molecule has 0 radical (unpaired) electrons. The molecule has 0 aliphatic heterocycles. The number of ether oxygens (including phenoxy) is 1. The summed E-state index contributed by atoms with van der Waals surface area (Å²) >= 11 is 0. The summed E-state index contributed by atoms with van der Waals surface area (Å²) in [6.07, 6.45) is 19.4. The highest BCUT2D eigenvalue weighted by Gasteiger charge is 2.11. The molecule has 1 unspecified atom stereocenters. The lowest BCUT2D eigenvalue weighted by molar-refractivity contribution is -0.147. The van der Waals surface area contributed by atoms with Gasteiger partial charge in [0, 0.05) is 6.92 Å². The highest BCUT2D eigenvalue weighted by molar-refractivity contribution is 5.66. The van der Waals surface area contributed by atoms with E-state index in [1.165, 1.54) is 83.5 Å². The lowest BCUT2D eigenvalue weighted by Gasteiger charge is -2.17. The molecule has 0 aromatic rings. The zero-order chi connectivity index (χ0) is 16.5. The smallest absolute Gasteiger partial charge is 0.302 e. The first-order valence-corrected chi connectivity index (χ1v) is 9.87. The molecule has 0 aliphatic rings. The number of hydrogen-bond donors (Lipinski definition) is 0. The van der Waals surface area contributed by atoms with Crippen LogP contribution in [0, 0.1) is 0 Å². The Morgan fingerprint density at radius 2 is 1.05 bits per heavy atom. The van der Waals surface area contributed by atoms with Crippen LogP contribution in [0.3, 0.4) is 0 Å². The van der Waals surface area contributed by atoms with Gasteiger partial charge in [-0.1, -0.05) is 84.5 Å². The Morgan fingerprint density at radius 3 is 1.41 bits per heavy atom. The third-order valence-corrected chi connectivity index (χ3v) is 4.34. The Kier molecular flexibility index (Phi) is 16.4. The Morgan fingerprint density at radius 1 is 0.682 bits per heavy atom. The molecule has 0 aliphatic carbocycles. The molecule has 132 valence electrons. The maximum Gasteiger partial charge on any atom is 0.302 e. The first-order valence-electron chi connectivity index (χ1n) is 9.87. The van der Waals surface area contributed by atoms with Crippen LogP contribution in [-0.2, 0) is 9.53 Å². The van der Waals surface area contributed by atoms with E-state index in [0.29, 0.717) is 0 Å². The number of carbonyl (C=O) groups is 1. The average Bonchev–Trinajstić information content (AvgIpc) is 2.49. The van der Waals surface area contributed by atoms with Gasteiger partial charge in [-0.3, -0.25) is 4.79 Å². The maximum atomic E-state index is 11.2. The van der Waals surface area contributed by atoms with E-state index in [4.69, 9.17) is 4.74 Å². The Hall–Kier alpha value is -0.530. The Balaban J connectivity index is 3.63. The molecule has 0 saturated heterocycles. The predicted molar refractivity (Wildman–Crippen MR) is 96.2 cm³/mol. The minimum Gasteiger partial charge on any atom is -0.463 e. The topological polar surface area (TPSA) is 26.3 Å². The minimum atomic E-state index is -0.112. The predicted octanol–water partition coefficient (Wildman–Crippen LogP) is 6.81. The van der Waals surface area contributed by atoms with Gasteiger partial charge in [0.2, 0.25) is 0 Å². The second-order valence-electron chi connectivity index (χ2n) is 6.70. The zero-order valence-electron chi connectivity index (χ0n) is 15.5. The van der Waals surface area contributed by atoms with Crippen LogP contribution in [0.2, 0.25) is 0 Å². The van der Waals surface area contributed by atoms with E-state index < -0.39 is 0 Å². The molecule has 0 aromatic heterocycles. The van der Waals surface area contributed by atoms with Crippen LogP contribution in [0.15, 0.2) is 0 Å². The van der Waals surface area contributed by atoms with Gasteiger partial charge < -0.3 is 4.74 Å². The Labute approximate surface area is 139 Å². The minimum absolute atomic E-state index is 0.112. The van der Waals surface area contributed by atoms with Crippen molar-refractivity contribution >= 4 is 5.97 Å². The van der Waals surface area contributed by atoms with Crippen LogP contribution in [-0.4, -0.2) is 12.1 Å². The van der Waals surface area contributed by atoms with E-state index in [9.17, 15) is 4.79 Å². The molecule has 0 amide bonds. The molecule has 0 fully saturated rings. The summed E-state index contributed by atoms with van der Waals surface area (Å²) in [5.74, 6) is -0.112. The maximum absolute atomic E-state index is 11.2. The molecule has 0 rings (SSSR count). The van der Waals surface area contributed by atoms with Gasteiger partial charge in [0.25, 0.3) is 0 Å². The van der Waals surface area contributed by atoms with Gasteiger partial charge in [-0.2, -0.15) is 0 Å². The van der Waals surface area contributed by atoms with Crippen LogP contribution >= 0.6 is 0 Å². The molecule has 0 saturated carbocycles. The first-order chi connectivity index (χ1) is 10.7. The van der Waals surface area contributed by atoms with Crippen molar-refractivity contribution in [3.05, 3.63) is 0 Å².